The molecule has 2 heteroatoms. The Bertz CT molecular complexity index is 2750. The van der Waals surface area contributed by atoms with Crippen LogP contribution in [0.5, 0.6) is 0 Å². The van der Waals surface area contributed by atoms with E-state index >= 15 is 0 Å². The van der Waals surface area contributed by atoms with E-state index in [-0.39, 0.29) is 0 Å². The number of rotatable bonds is 5. The molecule has 0 unspecified atom stereocenters. The third-order valence-corrected chi connectivity index (χ3v) is 10.1. The van der Waals surface area contributed by atoms with Gasteiger partial charge in [-0.25, -0.2) is 0 Å². The fourth-order valence-electron chi connectivity index (χ4n) is 7.85. The number of nitrogens with zero attached hydrogens (tertiary/aromatic N) is 2. The van der Waals surface area contributed by atoms with Gasteiger partial charge in [-0.2, -0.15) is 0 Å². The fourth-order valence-corrected chi connectivity index (χ4v) is 7.85. The Morgan fingerprint density at radius 2 is 0.680 bits per heavy atom. The van der Waals surface area contributed by atoms with Crippen molar-refractivity contribution in [3.8, 4) is 44.8 Å². The van der Waals surface area contributed by atoms with Gasteiger partial charge in [0.15, 0.2) is 0 Å². The van der Waals surface area contributed by atoms with Gasteiger partial charge in [-0.05, 0) is 82.4 Å². The summed E-state index contributed by atoms with van der Waals surface area (Å²) >= 11 is 0. The van der Waals surface area contributed by atoms with Crippen LogP contribution in [0.1, 0.15) is 0 Å². The third kappa shape index (κ3) is 4.50. The van der Waals surface area contributed by atoms with E-state index in [1.165, 1.54) is 82.7 Å². The van der Waals surface area contributed by atoms with Gasteiger partial charge in [-0.3, -0.25) is 0 Å². The van der Waals surface area contributed by atoms with Crippen molar-refractivity contribution < 1.29 is 0 Å². The molecule has 0 atom stereocenters. The van der Waals surface area contributed by atoms with Crippen LogP contribution in [0.4, 0.5) is 0 Å². The van der Waals surface area contributed by atoms with Crippen LogP contribution in [-0.4, -0.2) is 9.13 Å². The summed E-state index contributed by atoms with van der Waals surface area (Å²) in [5.74, 6) is 0. The van der Waals surface area contributed by atoms with Crippen LogP contribution < -0.4 is 0 Å². The average Bonchev–Trinajstić information content (AvgIpc) is 3.71. The molecule has 234 valence electrons. The molecule has 0 N–H and O–H groups in total. The molecule has 2 nitrogen and oxygen atoms in total. The first-order valence-electron chi connectivity index (χ1n) is 17.2. The van der Waals surface area contributed by atoms with Gasteiger partial charge in [0.25, 0.3) is 0 Å². The lowest BCUT2D eigenvalue weighted by Gasteiger charge is -2.18. The highest BCUT2D eigenvalue weighted by molar-refractivity contribution is 6.10. The molecule has 0 bridgehead atoms. The summed E-state index contributed by atoms with van der Waals surface area (Å²) < 4.78 is 4.85. The van der Waals surface area contributed by atoms with Crippen LogP contribution in [0.2, 0.25) is 0 Å². The molecule has 2 heterocycles. The van der Waals surface area contributed by atoms with Crippen molar-refractivity contribution in [3.05, 3.63) is 194 Å². The molecule has 0 aliphatic rings. The van der Waals surface area contributed by atoms with Crippen molar-refractivity contribution >= 4 is 43.6 Å². The summed E-state index contributed by atoms with van der Waals surface area (Å²) in [5, 5.41) is 5.04. The van der Waals surface area contributed by atoms with Gasteiger partial charge in [0.05, 0.1) is 27.8 Å². The van der Waals surface area contributed by atoms with Crippen LogP contribution in [0.15, 0.2) is 194 Å². The van der Waals surface area contributed by atoms with Gasteiger partial charge in [0.2, 0.25) is 0 Å². The Labute approximate surface area is 290 Å². The predicted molar refractivity (Wildman–Crippen MR) is 211 cm³/mol. The van der Waals surface area contributed by atoms with E-state index < -0.39 is 0 Å². The molecule has 2 aromatic heterocycles. The second kappa shape index (κ2) is 11.5. The Hall–Kier alpha value is -6.64. The smallest absolute Gasteiger partial charge is 0.0541 e. The minimum Gasteiger partial charge on any atom is -0.309 e. The first-order chi connectivity index (χ1) is 24.8. The van der Waals surface area contributed by atoms with Gasteiger partial charge in [0, 0.05) is 32.8 Å². The molecule has 10 rings (SSSR count). The molecule has 8 aromatic carbocycles. The standard InChI is InChI=1S/C48H32N2/c1-3-15-33(16-4-1)36-29-37(31-38(30-36)49-44-23-11-7-19-39(44)40-20-8-12-24-45(40)49)35-27-28-48(43(32-35)34-17-5-2-6-18-34)50-46-25-13-9-21-41(46)42-22-10-14-26-47(42)50/h1-32H. The monoisotopic (exact) mass is 636 g/mol. The molecule has 0 amide bonds. The number of fused-ring (bicyclic) bond motifs is 6. The van der Waals surface area contributed by atoms with Crippen molar-refractivity contribution in [2.24, 2.45) is 0 Å². The summed E-state index contributed by atoms with van der Waals surface area (Å²) in [6, 6.07) is 70.5. The minimum absolute atomic E-state index is 1.14. The van der Waals surface area contributed by atoms with Crippen molar-refractivity contribution in [2.75, 3.05) is 0 Å². The Kier molecular flexibility index (Phi) is 6.53. The van der Waals surface area contributed by atoms with Crippen LogP contribution in [0.3, 0.4) is 0 Å². The van der Waals surface area contributed by atoms with E-state index in [9.17, 15) is 0 Å². The van der Waals surface area contributed by atoms with Crippen molar-refractivity contribution in [1.29, 1.82) is 0 Å². The zero-order valence-corrected chi connectivity index (χ0v) is 27.4. The lowest BCUT2D eigenvalue weighted by Crippen LogP contribution is -1.99. The number of benzene rings is 8. The summed E-state index contributed by atoms with van der Waals surface area (Å²) in [6.45, 7) is 0. The molecule has 0 saturated carbocycles. The zero-order valence-electron chi connectivity index (χ0n) is 27.4. The molecule has 0 fully saturated rings. The van der Waals surface area contributed by atoms with E-state index in [0.29, 0.717) is 0 Å². The molecule has 0 radical (unpaired) electrons. The quantitative estimate of drug-likeness (QED) is 0.178. The maximum atomic E-state index is 2.43. The van der Waals surface area contributed by atoms with Crippen LogP contribution in [0.25, 0.3) is 88.4 Å². The lowest BCUT2D eigenvalue weighted by atomic mass is 9.94. The highest BCUT2D eigenvalue weighted by Crippen LogP contribution is 2.40. The van der Waals surface area contributed by atoms with Gasteiger partial charge < -0.3 is 9.13 Å². The number of hydrogen-bond acceptors (Lipinski definition) is 0. The van der Waals surface area contributed by atoms with Gasteiger partial charge in [0.1, 0.15) is 0 Å². The molecule has 10 aromatic rings. The maximum Gasteiger partial charge on any atom is 0.0541 e. The van der Waals surface area contributed by atoms with E-state index in [0.717, 1.165) is 5.69 Å². The summed E-state index contributed by atoms with van der Waals surface area (Å²) in [5.41, 5.74) is 14.2. The molecule has 0 aliphatic carbocycles. The third-order valence-electron chi connectivity index (χ3n) is 10.1. The zero-order chi connectivity index (χ0) is 33.0. The Morgan fingerprint density at radius 1 is 0.260 bits per heavy atom. The van der Waals surface area contributed by atoms with Crippen molar-refractivity contribution in [2.45, 2.75) is 0 Å². The minimum atomic E-state index is 1.14. The summed E-state index contributed by atoms with van der Waals surface area (Å²) in [6.07, 6.45) is 0. The van der Waals surface area contributed by atoms with Crippen molar-refractivity contribution in [1.82, 2.24) is 9.13 Å². The Balaban J connectivity index is 1.25. The van der Waals surface area contributed by atoms with E-state index in [4.69, 9.17) is 0 Å². The van der Waals surface area contributed by atoms with Crippen LogP contribution in [0, 0.1) is 0 Å². The average molecular weight is 637 g/mol. The molecular weight excluding hydrogens is 605 g/mol. The fraction of sp³-hybridized carbons (Fsp3) is 0. The summed E-state index contributed by atoms with van der Waals surface area (Å²) in [4.78, 5) is 0. The molecular formula is C48H32N2. The molecule has 0 aliphatic heterocycles. The molecule has 0 saturated heterocycles. The molecule has 50 heavy (non-hydrogen) atoms. The predicted octanol–water partition coefficient (Wildman–Crippen LogP) is 12.9. The highest BCUT2D eigenvalue weighted by atomic mass is 15.0. The van der Waals surface area contributed by atoms with Gasteiger partial charge in [-0.15, -0.1) is 0 Å². The SMILES string of the molecule is c1ccc(-c2cc(-c3ccc(-n4c5ccccc5c5ccccc54)c(-c4ccccc4)c3)cc(-n3c4ccccc4c4ccccc43)c2)cc1. The van der Waals surface area contributed by atoms with Crippen LogP contribution >= 0.6 is 0 Å². The first-order valence-corrected chi connectivity index (χ1v) is 17.2. The van der Waals surface area contributed by atoms with Crippen molar-refractivity contribution in [3.63, 3.8) is 0 Å². The van der Waals surface area contributed by atoms with Crippen LogP contribution in [-0.2, 0) is 0 Å². The lowest BCUT2D eigenvalue weighted by molar-refractivity contribution is 1.18. The number of hydrogen-bond donors (Lipinski definition) is 0. The largest absolute Gasteiger partial charge is 0.309 e. The van der Waals surface area contributed by atoms with E-state index in [2.05, 4.69) is 203 Å². The number of aromatic nitrogens is 2. The topological polar surface area (TPSA) is 9.86 Å². The van der Waals surface area contributed by atoms with E-state index in [1.807, 2.05) is 0 Å². The highest BCUT2D eigenvalue weighted by Gasteiger charge is 2.18. The normalized spacial score (nSPS) is 11.6. The maximum absolute atomic E-state index is 2.43. The number of para-hydroxylation sites is 4. The van der Waals surface area contributed by atoms with Gasteiger partial charge >= 0.3 is 0 Å². The van der Waals surface area contributed by atoms with E-state index in [1.54, 1.807) is 0 Å². The van der Waals surface area contributed by atoms with Gasteiger partial charge in [-0.1, -0.05) is 140 Å². The Morgan fingerprint density at radius 3 is 1.20 bits per heavy atom. The second-order valence-corrected chi connectivity index (χ2v) is 13.0. The molecule has 0 spiro atoms. The second-order valence-electron chi connectivity index (χ2n) is 13.0. The summed E-state index contributed by atoms with van der Waals surface area (Å²) in [7, 11) is 0. The first kappa shape index (κ1) is 28.4.